The number of thioether (sulfide) groups is 1. The first-order chi connectivity index (χ1) is 12.9. The van der Waals surface area contributed by atoms with Gasteiger partial charge in [-0.1, -0.05) is 29.5 Å². The number of hydrogen-bond donors (Lipinski definition) is 1. The highest BCUT2D eigenvalue weighted by atomic mass is 32.2. The minimum Gasteiger partial charge on any atom is -0.309 e. The number of benzene rings is 1. The summed E-state index contributed by atoms with van der Waals surface area (Å²) in [7, 11) is 0. The van der Waals surface area contributed by atoms with E-state index in [0.29, 0.717) is 17.0 Å². The zero-order valence-corrected chi connectivity index (χ0v) is 17.2. The van der Waals surface area contributed by atoms with Crippen LogP contribution in [-0.4, -0.2) is 24.7 Å². The van der Waals surface area contributed by atoms with Crippen LogP contribution in [0.4, 0.5) is 0 Å². The Morgan fingerprint density at radius 1 is 1.22 bits per heavy atom. The lowest BCUT2D eigenvalue weighted by atomic mass is 10.1. The lowest BCUT2D eigenvalue weighted by Gasteiger charge is -2.10. The van der Waals surface area contributed by atoms with Gasteiger partial charge < -0.3 is 4.98 Å². The van der Waals surface area contributed by atoms with Crippen molar-refractivity contribution in [3.05, 3.63) is 62.3 Å². The number of nitrogens with zero attached hydrogens (tertiary/aromatic N) is 4. The standard InChI is InChI=1S/C19H19N5OS2/c1-10-5-6-14(11(2)7-10)24-9-20-23-19(24)26-8-15-21-17(25)16-12(3)13(4)27-18(16)22-15/h5-7,9H,8H2,1-4H3,(H,21,22,25). The Balaban J connectivity index is 1.63. The molecular weight excluding hydrogens is 378 g/mol. The number of aryl methyl sites for hydroxylation is 4. The Kier molecular flexibility index (Phi) is 4.61. The molecule has 0 bridgehead atoms. The van der Waals surface area contributed by atoms with Gasteiger partial charge >= 0.3 is 0 Å². The molecule has 0 amide bonds. The fourth-order valence-corrected chi connectivity index (χ4v) is 4.91. The van der Waals surface area contributed by atoms with Crippen molar-refractivity contribution < 1.29 is 0 Å². The normalized spacial score (nSPS) is 11.4. The summed E-state index contributed by atoms with van der Waals surface area (Å²) in [6, 6.07) is 6.28. The zero-order valence-electron chi connectivity index (χ0n) is 15.5. The van der Waals surface area contributed by atoms with Crippen molar-refractivity contribution in [2.75, 3.05) is 0 Å². The number of fused-ring (bicyclic) bond motifs is 1. The smallest absolute Gasteiger partial charge is 0.259 e. The van der Waals surface area contributed by atoms with Crippen molar-refractivity contribution in [3.63, 3.8) is 0 Å². The summed E-state index contributed by atoms with van der Waals surface area (Å²) in [5, 5.41) is 9.76. The van der Waals surface area contributed by atoms with Crippen LogP contribution in [0.15, 0.2) is 34.5 Å². The molecule has 138 valence electrons. The molecule has 0 unspecified atom stereocenters. The molecule has 3 heterocycles. The van der Waals surface area contributed by atoms with Gasteiger partial charge in [-0.05, 0) is 44.9 Å². The molecule has 0 fully saturated rings. The molecule has 0 atom stereocenters. The van der Waals surface area contributed by atoms with Crippen LogP contribution in [0.1, 0.15) is 27.4 Å². The molecule has 6 nitrogen and oxygen atoms in total. The highest BCUT2D eigenvalue weighted by Gasteiger charge is 2.14. The lowest BCUT2D eigenvalue weighted by molar-refractivity contribution is 0.875. The van der Waals surface area contributed by atoms with Gasteiger partial charge in [-0.25, -0.2) is 4.98 Å². The topological polar surface area (TPSA) is 76.5 Å². The Bertz CT molecular complexity index is 1200. The highest BCUT2D eigenvalue weighted by Crippen LogP contribution is 2.28. The summed E-state index contributed by atoms with van der Waals surface area (Å²) < 4.78 is 1.97. The number of nitrogens with one attached hydrogen (secondary N) is 1. The molecule has 0 aliphatic rings. The van der Waals surface area contributed by atoms with E-state index in [9.17, 15) is 4.79 Å². The van der Waals surface area contributed by atoms with Gasteiger partial charge in [0.2, 0.25) is 0 Å². The number of aromatic nitrogens is 5. The SMILES string of the molecule is Cc1ccc(-n2cnnc2SCc2nc3sc(C)c(C)c3c(=O)[nH]2)c(C)c1. The molecule has 0 aliphatic carbocycles. The second-order valence-corrected chi connectivity index (χ2v) is 8.68. The third kappa shape index (κ3) is 3.30. The van der Waals surface area contributed by atoms with E-state index in [1.54, 1.807) is 17.7 Å². The number of H-pyrrole nitrogens is 1. The van der Waals surface area contributed by atoms with Crippen LogP contribution in [0.25, 0.3) is 15.9 Å². The van der Waals surface area contributed by atoms with E-state index in [0.717, 1.165) is 31.7 Å². The first kappa shape index (κ1) is 17.9. The van der Waals surface area contributed by atoms with Crippen LogP contribution in [0, 0.1) is 27.7 Å². The van der Waals surface area contributed by atoms with Gasteiger partial charge in [-0.15, -0.1) is 21.5 Å². The zero-order chi connectivity index (χ0) is 19.1. The molecule has 1 N–H and O–H groups in total. The second-order valence-electron chi connectivity index (χ2n) is 6.54. The van der Waals surface area contributed by atoms with Gasteiger partial charge in [0.15, 0.2) is 5.16 Å². The minimum atomic E-state index is -0.0757. The van der Waals surface area contributed by atoms with E-state index < -0.39 is 0 Å². The van der Waals surface area contributed by atoms with Gasteiger partial charge in [0.25, 0.3) is 5.56 Å². The average molecular weight is 398 g/mol. The van der Waals surface area contributed by atoms with Crippen molar-refractivity contribution in [3.8, 4) is 5.69 Å². The fraction of sp³-hybridized carbons (Fsp3) is 0.263. The molecular formula is C19H19N5OS2. The maximum atomic E-state index is 12.4. The van der Waals surface area contributed by atoms with Gasteiger partial charge in [0.05, 0.1) is 16.8 Å². The van der Waals surface area contributed by atoms with Crippen molar-refractivity contribution in [2.45, 2.75) is 38.6 Å². The Morgan fingerprint density at radius 3 is 2.81 bits per heavy atom. The quantitative estimate of drug-likeness (QED) is 0.525. The molecule has 3 aromatic heterocycles. The summed E-state index contributed by atoms with van der Waals surface area (Å²) in [4.78, 5) is 21.9. The molecule has 0 spiro atoms. The molecule has 0 radical (unpaired) electrons. The molecule has 0 saturated carbocycles. The molecule has 4 rings (SSSR count). The van der Waals surface area contributed by atoms with Gasteiger partial charge in [0, 0.05) is 4.88 Å². The minimum absolute atomic E-state index is 0.0757. The molecule has 27 heavy (non-hydrogen) atoms. The Labute approximate surface area is 164 Å². The van der Waals surface area contributed by atoms with E-state index in [2.05, 4.69) is 52.2 Å². The maximum absolute atomic E-state index is 12.4. The van der Waals surface area contributed by atoms with Gasteiger partial charge in [0.1, 0.15) is 17.0 Å². The van der Waals surface area contributed by atoms with Gasteiger partial charge in [-0.2, -0.15) is 0 Å². The summed E-state index contributed by atoms with van der Waals surface area (Å²) in [5.41, 5.74) is 4.37. The van der Waals surface area contributed by atoms with Crippen LogP contribution in [0.5, 0.6) is 0 Å². The molecule has 0 aliphatic heterocycles. The van der Waals surface area contributed by atoms with Gasteiger partial charge in [-0.3, -0.25) is 9.36 Å². The first-order valence-corrected chi connectivity index (χ1v) is 10.3. The number of rotatable bonds is 4. The van der Waals surface area contributed by atoms with E-state index >= 15 is 0 Å². The van der Waals surface area contributed by atoms with Crippen LogP contribution >= 0.6 is 23.1 Å². The second kappa shape index (κ2) is 6.94. The van der Waals surface area contributed by atoms with Crippen molar-refractivity contribution in [2.24, 2.45) is 0 Å². The average Bonchev–Trinajstić information content (AvgIpc) is 3.18. The Morgan fingerprint density at radius 2 is 2.04 bits per heavy atom. The third-order valence-electron chi connectivity index (χ3n) is 4.55. The summed E-state index contributed by atoms with van der Waals surface area (Å²) in [6.07, 6.45) is 1.71. The van der Waals surface area contributed by atoms with E-state index in [1.165, 1.54) is 17.3 Å². The maximum Gasteiger partial charge on any atom is 0.259 e. The largest absolute Gasteiger partial charge is 0.309 e. The number of thiophene rings is 1. The fourth-order valence-electron chi connectivity index (χ4n) is 3.06. The van der Waals surface area contributed by atoms with E-state index in [1.807, 2.05) is 18.4 Å². The van der Waals surface area contributed by atoms with Crippen molar-refractivity contribution in [1.82, 2.24) is 24.7 Å². The van der Waals surface area contributed by atoms with E-state index in [4.69, 9.17) is 0 Å². The predicted molar refractivity (Wildman–Crippen MR) is 110 cm³/mol. The first-order valence-electron chi connectivity index (χ1n) is 8.53. The summed E-state index contributed by atoms with van der Waals surface area (Å²) in [6.45, 7) is 8.13. The van der Waals surface area contributed by atoms with Crippen molar-refractivity contribution in [1.29, 1.82) is 0 Å². The molecule has 0 saturated heterocycles. The Hall–Kier alpha value is -2.45. The van der Waals surface area contributed by atoms with Crippen LogP contribution in [-0.2, 0) is 5.75 Å². The predicted octanol–water partition coefficient (Wildman–Crippen LogP) is 4.09. The summed E-state index contributed by atoms with van der Waals surface area (Å²) >= 11 is 3.06. The summed E-state index contributed by atoms with van der Waals surface area (Å²) in [5.74, 6) is 1.17. The number of hydrogen-bond acceptors (Lipinski definition) is 6. The monoisotopic (exact) mass is 397 g/mol. The van der Waals surface area contributed by atoms with Crippen LogP contribution < -0.4 is 5.56 Å². The highest BCUT2D eigenvalue weighted by molar-refractivity contribution is 7.98. The lowest BCUT2D eigenvalue weighted by Crippen LogP contribution is -2.11. The third-order valence-corrected chi connectivity index (χ3v) is 6.61. The molecule has 4 aromatic rings. The number of aromatic amines is 1. The van der Waals surface area contributed by atoms with Crippen LogP contribution in [0.3, 0.4) is 0 Å². The van der Waals surface area contributed by atoms with Crippen molar-refractivity contribution >= 4 is 33.3 Å². The molecule has 8 heteroatoms. The van der Waals surface area contributed by atoms with E-state index in [-0.39, 0.29) is 5.56 Å². The van der Waals surface area contributed by atoms with Crippen LogP contribution in [0.2, 0.25) is 0 Å². The molecule has 1 aromatic carbocycles.